The van der Waals surface area contributed by atoms with Crippen LogP contribution in [0.3, 0.4) is 0 Å². The first-order valence-electron chi connectivity index (χ1n) is 7.53. The Hall–Kier alpha value is -2.86. The Morgan fingerprint density at radius 1 is 1.29 bits per heavy atom. The van der Waals surface area contributed by atoms with Gasteiger partial charge in [0.05, 0.1) is 10.6 Å². The maximum Gasteiger partial charge on any atom is 0.417 e. The molecule has 1 aromatic heterocycles. The number of carbonyl (C=O) groups is 1. The van der Waals surface area contributed by atoms with E-state index in [9.17, 15) is 26.7 Å². The molecule has 0 saturated heterocycles. The summed E-state index contributed by atoms with van der Waals surface area (Å²) in [5.74, 6) is -1.43. The molecule has 1 atom stereocenters. The summed E-state index contributed by atoms with van der Waals surface area (Å²) in [6, 6.07) is 1.86. The second-order valence-electron chi connectivity index (χ2n) is 5.39. The Morgan fingerprint density at radius 3 is 2.54 bits per heavy atom. The lowest BCUT2D eigenvalue weighted by atomic mass is 10.1. The van der Waals surface area contributed by atoms with Gasteiger partial charge in [-0.15, -0.1) is 6.42 Å². The molecule has 0 fully saturated rings. The van der Waals surface area contributed by atoms with Crippen LogP contribution >= 0.6 is 11.6 Å². The summed E-state index contributed by atoms with van der Waals surface area (Å²) >= 11 is 5.85. The van der Waals surface area contributed by atoms with E-state index >= 15 is 0 Å². The Kier molecular flexibility index (Phi) is 6.46. The van der Waals surface area contributed by atoms with Crippen molar-refractivity contribution in [1.29, 1.82) is 0 Å². The van der Waals surface area contributed by atoms with Crippen molar-refractivity contribution in [3.05, 3.63) is 46.6 Å². The third-order valence-corrected chi connectivity index (χ3v) is 3.67. The lowest BCUT2D eigenvalue weighted by Crippen LogP contribution is -2.26. The highest BCUT2D eigenvalue weighted by molar-refractivity contribution is 6.32. The van der Waals surface area contributed by atoms with Crippen molar-refractivity contribution >= 4 is 17.6 Å². The minimum atomic E-state index is -4.81. The molecule has 2 aromatic rings. The highest BCUT2D eigenvalue weighted by Gasteiger charge is 2.32. The molecular formula is C18H11ClF5NO3. The minimum Gasteiger partial charge on any atom is -0.477 e. The van der Waals surface area contributed by atoms with Crippen molar-refractivity contribution in [2.45, 2.75) is 19.2 Å². The zero-order chi connectivity index (χ0) is 21.1. The Bertz CT molecular complexity index is 940. The number of nitrogens with zero attached hydrogens (tertiary/aromatic N) is 1. The summed E-state index contributed by atoms with van der Waals surface area (Å²) in [5.41, 5.74) is -2.52. The van der Waals surface area contributed by atoms with E-state index in [2.05, 4.69) is 15.6 Å². The number of hydrogen-bond donors (Lipinski definition) is 0. The van der Waals surface area contributed by atoms with Gasteiger partial charge in [0, 0.05) is 11.8 Å². The summed E-state index contributed by atoms with van der Waals surface area (Å²) in [4.78, 5) is 15.0. The van der Waals surface area contributed by atoms with Gasteiger partial charge in [0.15, 0.2) is 12.7 Å². The second-order valence-corrected chi connectivity index (χ2v) is 5.79. The number of benzene rings is 1. The molecule has 0 spiro atoms. The molecule has 10 heteroatoms. The van der Waals surface area contributed by atoms with Crippen LogP contribution < -0.4 is 4.74 Å². The van der Waals surface area contributed by atoms with Crippen LogP contribution in [-0.2, 0) is 15.7 Å². The number of rotatable bonds is 5. The largest absolute Gasteiger partial charge is 0.477 e. The molecule has 0 aliphatic carbocycles. The first kappa shape index (κ1) is 21.4. The highest BCUT2D eigenvalue weighted by Crippen LogP contribution is 2.36. The molecule has 2 rings (SSSR count). The van der Waals surface area contributed by atoms with Crippen LogP contribution in [0, 0.1) is 24.0 Å². The van der Waals surface area contributed by atoms with E-state index in [1.165, 1.54) is 6.92 Å². The molecule has 0 aliphatic rings. The van der Waals surface area contributed by atoms with Gasteiger partial charge in [-0.2, -0.15) is 13.2 Å². The fourth-order valence-electron chi connectivity index (χ4n) is 2.06. The van der Waals surface area contributed by atoms with Crippen molar-refractivity contribution in [2.24, 2.45) is 0 Å². The van der Waals surface area contributed by atoms with Gasteiger partial charge in [-0.25, -0.2) is 13.6 Å². The molecule has 0 N–H and O–H groups in total. The van der Waals surface area contributed by atoms with E-state index in [4.69, 9.17) is 22.8 Å². The van der Waals surface area contributed by atoms with Gasteiger partial charge in [0.25, 0.3) is 0 Å². The smallest absolute Gasteiger partial charge is 0.417 e. The molecule has 0 unspecified atom stereocenters. The standard InChI is InChI=1S/C18H11ClF5NO3/c1-3-4-27-17(26)9(2)28-15-6-11(13(20)7-12(15)19)16-14(21)5-10(8-25-16)18(22,23)24/h1,5-9H,4H2,2H3/t9-/m1/s1. The van der Waals surface area contributed by atoms with Gasteiger partial charge >= 0.3 is 12.1 Å². The van der Waals surface area contributed by atoms with Gasteiger partial charge in [-0.05, 0) is 25.1 Å². The molecule has 28 heavy (non-hydrogen) atoms. The number of carbonyl (C=O) groups excluding carboxylic acids is 1. The van der Waals surface area contributed by atoms with Gasteiger partial charge in [-0.3, -0.25) is 4.98 Å². The summed E-state index contributed by atoms with van der Waals surface area (Å²) in [7, 11) is 0. The molecular weight excluding hydrogens is 409 g/mol. The average Bonchev–Trinajstić information content (AvgIpc) is 2.61. The van der Waals surface area contributed by atoms with Crippen LogP contribution in [0.4, 0.5) is 22.0 Å². The average molecular weight is 420 g/mol. The van der Waals surface area contributed by atoms with Crippen LogP contribution in [-0.4, -0.2) is 23.7 Å². The molecule has 0 radical (unpaired) electrons. The van der Waals surface area contributed by atoms with Crippen molar-refractivity contribution in [3.8, 4) is 29.4 Å². The number of halogens is 6. The van der Waals surface area contributed by atoms with Crippen LogP contribution in [0.15, 0.2) is 24.4 Å². The summed E-state index contributed by atoms with van der Waals surface area (Å²) in [5, 5.41) is -0.259. The molecule has 148 valence electrons. The first-order chi connectivity index (χ1) is 13.0. The third kappa shape index (κ3) is 4.89. The number of alkyl halides is 3. The van der Waals surface area contributed by atoms with E-state index in [-0.39, 0.29) is 23.4 Å². The SMILES string of the molecule is C#CCOC(=O)[C@@H](C)Oc1cc(-c2ncc(C(F)(F)F)cc2F)c(F)cc1Cl. The number of esters is 1. The topological polar surface area (TPSA) is 48.4 Å². The molecule has 0 amide bonds. The quantitative estimate of drug-likeness (QED) is 0.402. The summed E-state index contributed by atoms with van der Waals surface area (Å²) in [6.45, 7) is 1.00. The fourth-order valence-corrected chi connectivity index (χ4v) is 2.26. The van der Waals surface area contributed by atoms with Crippen molar-refractivity contribution in [1.82, 2.24) is 4.98 Å². The lowest BCUT2D eigenvalue weighted by molar-refractivity contribution is -0.149. The molecule has 4 nitrogen and oxygen atoms in total. The fraction of sp³-hybridized carbons (Fsp3) is 0.222. The lowest BCUT2D eigenvalue weighted by Gasteiger charge is -2.16. The van der Waals surface area contributed by atoms with Crippen LogP contribution in [0.5, 0.6) is 5.75 Å². The Morgan fingerprint density at radius 2 is 1.96 bits per heavy atom. The zero-order valence-corrected chi connectivity index (χ0v) is 14.9. The monoisotopic (exact) mass is 419 g/mol. The van der Waals surface area contributed by atoms with E-state index in [1.807, 2.05) is 0 Å². The molecule has 0 aliphatic heterocycles. The second kappa shape index (κ2) is 8.44. The van der Waals surface area contributed by atoms with Gasteiger partial charge in [0.1, 0.15) is 23.1 Å². The molecule has 0 saturated carbocycles. The number of terminal acetylenes is 1. The maximum atomic E-state index is 14.2. The predicted octanol–water partition coefficient (Wildman–Crippen LogP) is 4.64. The highest BCUT2D eigenvalue weighted by atomic mass is 35.5. The van der Waals surface area contributed by atoms with Crippen molar-refractivity contribution in [2.75, 3.05) is 6.61 Å². The van der Waals surface area contributed by atoms with E-state index in [0.29, 0.717) is 6.20 Å². The van der Waals surface area contributed by atoms with Gasteiger partial charge in [0.2, 0.25) is 0 Å². The Balaban J connectivity index is 2.39. The van der Waals surface area contributed by atoms with E-state index in [0.717, 1.165) is 12.1 Å². The van der Waals surface area contributed by atoms with Crippen molar-refractivity contribution < 1.29 is 36.2 Å². The zero-order valence-electron chi connectivity index (χ0n) is 14.1. The normalized spacial score (nSPS) is 12.2. The Labute approximate surface area is 161 Å². The molecule has 0 bridgehead atoms. The molecule has 1 aromatic carbocycles. The van der Waals surface area contributed by atoms with Crippen LogP contribution in [0.1, 0.15) is 12.5 Å². The first-order valence-corrected chi connectivity index (χ1v) is 7.91. The van der Waals surface area contributed by atoms with Crippen molar-refractivity contribution in [3.63, 3.8) is 0 Å². The third-order valence-electron chi connectivity index (χ3n) is 3.38. The number of ether oxygens (including phenoxy) is 2. The maximum absolute atomic E-state index is 14.2. The molecule has 1 heterocycles. The predicted molar refractivity (Wildman–Crippen MR) is 89.5 cm³/mol. The van der Waals surface area contributed by atoms with Crippen LogP contribution in [0.25, 0.3) is 11.3 Å². The van der Waals surface area contributed by atoms with Crippen LogP contribution in [0.2, 0.25) is 5.02 Å². The van der Waals surface area contributed by atoms with E-state index in [1.54, 1.807) is 0 Å². The number of aromatic nitrogens is 1. The minimum absolute atomic E-state index is 0.191. The summed E-state index contributed by atoms with van der Waals surface area (Å²) in [6.07, 6.45) is -0.681. The van der Waals surface area contributed by atoms with E-state index < -0.39 is 46.7 Å². The number of pyridine rings is 1. The van der Waals surface area contributed by atoms with Gasteiger partial charge < -0.3 is 9.47 Å². The number of hydrogen-bond acceptors (Lipinski definition) is 4. The van der Waals surface area contributed by atoms with Gasteiger partial charge in [-0.1, -0.05) is 17.5 Å². The summed E-state index contributed by atoms with van der Waals surface area (Å²) < 4.78 is 76.2.